The summed E-state index contributed by atoms with van der Waals surface area (Å²) >= 11 is 0. The molecule has 0 radical (unpaired) electrons. The van der Waals surface area contributed by atoms with Gasteiger partial charge in [-0.3, -0.25) is 4.79 Å². The second-order valence-corrected chi connectivity index (χ2v) is 5.75. The van der Waals surface area contributed by atoms with E-state index in [4.69, 9.17) is 10.5 Å². The van der Waals surface area contributed by atoms with Crippen LogP contribution < -0.4 is 15.8 Å². The van der Waals surface area contributed by atoms with Gasteiger partial charge in [-0.05, 0) is 45.9 Å². The Morgan fingerprint density at radius 3 is 2.62 bits per heavy atom. The minimum absolute atomic E-state index is 0.0614. The van der Waals surface area contributed by atoms with Crippen LogP contribution >= 0.6 is 0 Å². The van der Waals surface area contributed by atoms with E-state index < -0.39 is 0 Å². The lowest BCUT2D eigenvalue weighted by molar-refractivity contribution is -0.138. The Hall–Kier alpha value is -1.82. The van der Waals surface area contributed by atoms with Gasteiger partial charge in [-0.25, -0.2) is 4.39 Å². The lowest BCUT2D eigenvalue weighted by Crippen LogP contribution is -2.20. The molecule has 2 rings (SSSR count). The maximum Gasteiger partial charge on any atom is 0.293 e. The molecular weight excluding hydrogens is 275 g/mol. The maximum atomic E-state index is 13.2. The molecule has 0 unspecified atom stereocenters. The van der Waals surface area contributed by atoms with Crippen molar-refractivity contribution >= 4 is 12.2 Å². The number of anilines is 1. The van der Waals surface area contributed by atoms with E-state index in [1.807, 2.05) is 20.8 Å². The van der Waals surface area contributed by atoms with Gasteiger partial charge in [0.15, 0.2) is 11.6 Å². The van der Waals surface area contributed by atoms with Crippen LogP contribution in [0.4, 0.5) is 10.1 Å². The highest BCUT2D eigenvalue weighted by atomic mass is 19.1. The number of benzene rings is 1. The summed E-state index contributed by atoms with van der Waals surface area (Å²) in [5.74, 6) is -0.107. The number of carbonyl (C=O) groups excluding carboxylic acids is 1. The molecule has 1 aliphatic heterocycles. The van der Waals surface area contributed by atoms with Crippen LogP contribution in [0.2, 0.25) is 0 Å². The van der Waals surface area contributed by atoms with E-state index >= 15 is 0 Å². The topological polar surface area (TPSA) is 73.6 Å². The van der Waals surface area contributed by atoms with Crippen LogP contribution in [-0.2, 0) is 9.53 Å². The van der Waals surface area contributed by atoms with Crippen molar-refractivity contribution in [2.45, 2.75) is 38.9 Å². The van der Waals surface area contributed by atoms with Crippen molar-refractivity contribution in [2.75, 3.05) is 18.8 Å². The Balaban J connectivity index is 0.000000270. The van der Waals surface area contributed by atoms with Crippen molar-refractivity contribution in [3.05, 3.63) is 24.0 Å². The molecule has 1 aromatic rings. The third-order valence-corrected chi connectivity index (χ3v) is 2.67. The van der Waals surface area contributed by atoms with Crippen LogP contribution in [0.3, 0.4) is 0 Å². The van der Waals surface area contributed by atoms with Crippen molar-refractivity contribution < 1.29 is 18.7 Å². The molecule has 1 atom stereocenters. The van der Waals surface area contributed by atoms with Gasteiger partial charge < -0.3 is 20.5 Å². The lowest BCUT2D eigenvalue weighted by Gasteiger charge is -2.14. The summed E-state index contributed by atoms with van der Waals surface area (Å²) in [5, 5.41) is 3.15. The molecule has 0 saturated carbocycles. The van der Waals surface area contributed by atoms with E-state index in [-0.39, 0.29) is 23.3 Å². The fourth-order valence-corrected chi connectivity index (χ4v) is 1.66. The molecule has 0 aromatic heterocycles. The van der Waals surface area contributed by atoms with Gasteiger partial charge in [-0.1, -0.05) is 0 Å². The molecule has 0 aliphatic carbocycles. The minimum Gasteiger partial charge on any atom is -0.486 e. The van der Waals surface area contributed by atoms with Gasteiger partial charge in [0.2, 0.25) is 0 Å². The van der Waals surface area contributed by atoms with Crippen molar-refractivity contribution in [1.29, 1.82) is 0 Å². The molecule has 1 saturated heterocycles. The van der Waals surface area contributed by atoms with Gasteiger partial charge >= 0.3 is 0 Å². The monoisotopic (exact) mass is 298 g/mol. The molecule has 1 fully saturated rings. The summed E-state index contributed by atoms with van der Waals surface area (Å²) in [6, 6.07) is 4.37. The van der Waals surface area contributed by atoms with Crippen molar-refractivity contribution in [3.63, 3.8) is 0 Å². The largest absolute Gasteiger partial charge is 0.486 e. The first-order chi connectivity index (χ1) is 9.81. The second-order valence-electron chi connectivity index (χ2n) is 5.75. The molecule has 1 heterocycles. The average Bonchev–Trinajstić information content (AvgIpc) is 2.86. The summed E-state index contributed by atoms with van der Waals surface area (Å²) in [6.07, 6.45) is 0.972. The Labute approximate surface area is 124 Å². The zero-order valence-electron chi connectivity index (χ0n) is 12.7. The van der Waals surface area contributed by atoms with Crippen molar-refractivity contribution in [1.82, 2.24) is 5.32 Å². The van der Waals surface area contributed by atoms with E-state index in [1.54, 1.807) is 0 Å². The molecule has 118 valence electrons. The molecular formula is C15H23FN2O3. The summed E-state index contributed by atoms with van der Waals surface area (Å²) in [7, 11) is 0. The number of rotatable bonds is 3. The fraction of sp³-hybridized carbons (Fsp3) is 0.533. The molecule has 0 bridgehead atoms. The van der Waals surface area contributed by atoms with Crippen LogP contribution in [0.25, 0.3) is 0 Å². The van der Waals surface area contributed by atoms with Crippen LogP contribution in [0, 0.1) is 5.82 Å². The highest BCUT2D eigenvalue weighted by Crippen LogP contribution is 2.22. The van der Waals surface area contributed by atoms with Crippen LogP contribution in [0.5, 0.6) is 5.75 Å². The van der Waals surface area contributed by atoms with Gasteiger partial charge in [-0.15, -0.1) is 0 Å². The molecule has 3 N–H and O–H groups in total. The van der Waals surface area contributed by atoms with E-state index in [1.165, 1.54) is 18.2 Å². The number of hydrogen-bond acceptors (Lipinski definition) is 5. The first-order valence-corrected chi connectivity index (χ1v) is 6.85. The smallest absolute Gasteiger partial charge is 0.293 e. The Kier molecular flexibility index (Phi) is 6.42. The van der Waals surface area contributed by atoms with Crippen molar-refractivity contribution in [3.8, 4) is 5.75 Å². The molecule has 0 amide bonds. The van der Waals surface area contributed by atoms with Crippen LogP contribution in [-0.4, -0.2) is 31.3 Å². The first-order valence-electron chi connectivity index (χ1n) is 6.85. The fourth-order valence-electron chi connectivity index (χ4n) is 1.66. The second kappa shape index (κ2) is 7.83. The molecule has 21 heavy (non-hydrogen) atoms. The number of nitrogen functional groups attached to an aromatic ring is 1. The Bertz CT molecular complexity index is 455. The number of nitrogens with one attached hydrogen (secondary N) is 1. The van der Waals surface area contributed by atoms with Gasteiger partial charge in [0.1, 0.15) is 11.7 Å². The van der Waals surface area contributed by atoms with Crippen LogP contribution in [0.15, 0.2) is 18.2 Å². The van der Waals surface area contributed by atoms with E-state index in [9.17, 15) is 9.18 Å². The summed E-state index contributed by atoms with van der Waals surface area (Å²) < 4.78 is 23.2. The zero-order valence-corrected chi connectivity index (χ0v) is 12.7. The van der Waals surface area contributed by atoms with E-state index in [2.05, 4.69) is 10.1 Å². The van der Waals surface area contributed by atoms with Gasteiger partial charge in [0.05, 0.1) is 0 Å². The normalized spacial score (nSPS) is 17.6. The number of nitrogens with two attached hydrogens (primary N) is 1. The predicted octanol–water partition coefficient (Wildman–Crippen LogP) is 2.11. The SMILES string of the molecule is CC(C)(C)OC=O.Nc1ccc(F)c(O[C@H]2CCNC2)c1. The predicted molar refractivity (Wildman–Crippen MR) is 79.6 cm³/mol. The molecule has 1 aromatic carbocycles. The number of halogens is 1. The Morgan fingerprint density at radius 2 is 2.14 bits per heavy atom. The quantitative estimate of drug-likeness (QED) is 0.660. The van der Waals surface area contributed by atoms with Gasteiger partial charge in [0.25, 0.3) is 6.47 Å². The average molecular weight is 298 g/mol. The highest BCUT2D eigenvalue weighted by Gasteiger charge is 2.17. The van der Waals surface area contributed by atoms with E-state index in [0.717, 1.165) is 19.5 Å². The molecule has 6 heteroatoms. The summed E-state index contributed by atoms with van der Waals surface area (Å²) in [6.45, 7) is 7.62. The van der Waals surface area contributed by atoms with Gasteiger partial charge in [0, 0.05) is 18.3 Å². The lowest BCUT2D eigenvalue weighted by atomic mass is 10.2. The molecule has 0 spiro atoms. The molecule has 1 aliphatic rings. The van der Waals surface area contributed by atoms with Gasteiger partial charge in [-0.2, -0.15) is 0 Å². The third kappa shape index (κ3) is 6.94. The first kappa shape index (κ1) is 17.2. The highest BCUT2D eigenvalue weighted by molar-refractivity contribution is 5.44. The minimum atomic E-state index is -0.355. The van der Waals surface area contributed by atoms with Crippen molar-refractivity contribution in [2.24, 2.45) is 0 Å². The summed E-state index contributed by atoms with van der Waals surface area (Å²) in [5.41, 5.74) is 5.74. The Morgan fingerprint density at radius 1 is 1.43 bits per heavy atom. The van der Waals surface area contributed by atoms with E-state index in [0.29, 0.717) is 12.2 Å². The number of carbonyl (C=O) groups is 1. The van der Waals surface area contributed by atoms with Crippen LogP contribution in [0.1, 0.15) is 27.2 Å². The molecule has 5 nitrogen and oxygen atoms in total. The standard InChI is InChI=1S/C10H13FN2O.C5H10O2/c11-9-2-1-7(12)5-10(9)14-8-3-4-13-6-8;1-5(2,3)7-4-6/h1-2,5,8,13H,3-4,6,12H2;4H,1-3H3/t8-;/m0./s1. The maximum absolute atomic E-state index is 13.2. The zero-order chi connectivity index (χ0) is 15.9. The number of ether oxygens (including phenoxy) is 2. The third-order valence-electron chi connectivity index (χ3n) is 2.67. The summed E-state index contributed by atoms with van der Waals surface area (Å²) in [4.78, 5) is 9.60. The number of hydrogen-bond donors (Lipinski definition) is 2.